The van der Waals surface area contributed by atoms with Crippen molar-refractivity contribution in [2.75, 3.05) is 18.0 Å². The number of hydrogen-bond donors (Lipinski definition) is 0. The largest absolute Gasteiger partial charge is 0.371 e. The van der Waals surface area contributed by atoms with Gasteiger partial charge >= 0.3 is 0 Å². The summed E-state index contributed by atoms with van der Waals surface area (Å²) in [7, 11) is 0. The molecule has 0 bridgehead atoms. The maximum Gasteiger partial charge on any atom is 0.0366 e. The van der Waals surface area contributed by atoms with Crippen LogP contribution in [0.4, 0.5) is 5.69 Å². The highest BCUT2D eigenvalue weighted by Gasteiger charge is 2.28. The van der Waals surface area contributed by atoms with Crippen molar-refractivity contribution in [3.05, 3.63) is 30.3 Å². The molecule has 0 atom stereocenters. The Morgan fingerprint density at radius 2 is 1.85 bits per heavy atom. The van der Waals surface area contributed by atoms with Gasteiger partial charge in [-0.1, -0.05) is 32.0 Å². The highest BCUT2D eigenvalue weighted by atomic mass is 15.2. The Morgan fingerprint density at radius 1 is 1.15 bits per heavy atom. The second-order valence-corrected chi connectivity index (χ2v) is 4.67. The standard InChI is InChI=1S/C12H17N/c1-12(2)8-9-13(10-12)11-6-4-3-5-7-11/h3-7H,8-10H2,1-2H3. The molecule has 1 fully saturated rings. The summed E-state index contributed by atoms with van der Waals surface area (Å²) in [5.41, 5.74) is 1.86. The van der Waals surface area contributed by atoms with Crippen LogP contribution in [0.25, 0.3) is 0 Å². The Balaban J connectivity index is 2.13. The highest BCUT2D eigenvalue weighted by Crippen LogP contribution is 2.31. The van der Waals surface area contributed by atoms with Crippen LogP contribution in [0.3, 0.4) is 0 Å². The van der Waals surface area contributed by atoms with Crippen molar-refractivity contribution >= 4 is 5.69 Å². The lowest BCUT2D eigenvalue weighted by molar-refractivity contribution is 0.418. The summed E-state index contributed by atoms with van der Waals surface area (Å²) in [6.07, 6.45) is 1.31. The first-order valence-electron chi connectivity index (χ1n) is 4.97. The van der Waals surface area contributed by atoms with Crippen LogP contribution in [0.2, 0.25) is 0 Å². The second kappa shape index (κ2) is 3.06. The van der Waals surface area contributed by atoms with Gasteiger partial charge in [-0.25, -0.2) is 0 Å². The number of nitrogens with zero attached hydrogens (tertiary/aromatic N) is 1. The summed E-state index contributed by atoms with van der Waals surface area (Å²) in [4.78, 5) is 2.47. The van der Waals surface area contributed by atoms with E-state index in [4.69, 9.17) is 0 Å². The lowest BCUT2D eigenvalue weighted by Gasteiger charge is -2.21. The van der Waals surface area contributed by atoms with Crippen LogP contribution in [0.1, 0.15) is 20.3 Å². The Morgan fingerprint density at radius 3 is 2.38 bits per heavy atom. The van der Waals surface area contributed by atoms with Crippen molar-refractivity contribution in [2.45, 2.75) is 20.3 Å². The molecule has 70 valence electrons. The maximum absolute atomic E-state index is 2.47. The summed E-state index contributed by atoms with van der Waals surface area (Å²) >= 11 is 0. The fraction of sp³-hybridized carbons (Fsp3) is 0.500. The van der Waals surface area contributed by atoms with Crippen molar-refractivity contribution in [1.82, 2.24) is 0 Å². The van der Waals surface area contributed by atoms with Crippen LogP contribution in [0.15, 0.2) is 30.3 Å². The molecular formula is C12H17N. The normalized spacial score (nSPS) is 20.6. The van der Waals surface area contributed by atoms with Gasteiger partial charge in [-0.05, 0) is 24.0 Å². The summed E-state index contributed by atoms with van der Waals surface area (Å²) < 4.78 is 0. The number of rotatable bonds is 1. The van der Waals surface area contributed by atoms with Crippen LogP contribution >= 0.6 is 0 Å². The van der Waals surface area contributed by atoms with Crippen molar-refractivity contribution < 1.29 is 0 Å². The van der Waals surface area contributed by atoms with Gasteiger partial charge in [0.2, 0.25) is 0 Å². The number of para-hydroxylation sites is 1. The van der Waals surface area contributed by atoms with Crippen molar-refractivity contribution in [1.29, 1.82) is 0 Å². The third-order valence-electron chi connectivity index (χ3n) is 2.80. The van der Waals surface area contributed by atoms with E-state index in [1.54, 1.807) is 0 Å². The van der Waals surface area contributed by atoms with Crippen LogP contribution < -0.4 is 4.90 Å². The van der Waals surface area contributed by atoms with Crippen molar-refractivity contribution in [3.8, 4) is 0 Å². The average molecular weight is 175 g/mol. The second-order valence-electron chi connectivity index (χ2n) is 4.67. The molecule has 1 aliphatic heterocycles. The lowest BCUT2D eigenvalue weighted by Crippen LogP contribution is -2.22. The zero-order chi connectivity index (χ0) is 9.31. The molecule has 1 nitrogen and oxygen atoms in total. The number of anilines is 1. The first-order valence-corrected chi connectivity index (χ1v) is 4.97. The molecule has 2 rings (SSSR count). The Hall–Kier alpha value is -0.980. The van der Waals surface area contributed by atoms with E-state index in [1.165, 1.54) is 25.2 Å². The molecule has 1 aromatic rings. The van der Waals surface area contributed by atoms with E-state index in [2.05, 4.69) is 49.1 Å². The zero-order valence-electron chi connectivity index (χ0n) is 8.46. The fourth-order valence-electron chi connectivity index (χ4n) is 1.97. The number of hydrogen-bond acceptors (Lipinski definition) is 1. The van der Waals surface area contributed by atoms with E-state index < -0.39 is 0 Å². The van der Waals surface area contributed by atoms with Gasteiger partial charge in [0, 0.05) is 18.8 Å². The van der Waals surface area contributed by atoms with Gasteiger partial charge in [-0.2, -0.15) is 0 Å². The monoisotopic (exact) mass is 175 g/mol. The van der Waals surface area contributed by atoms with Gasteiger partial charge in [0.1, 0.15) is 0 Å². The van der Waals surface area contributed by atoms with Crippen molar-refractivity contribution in [2.24, 2.45) is 5.41 Å². The molecule has 0 spiro atoms. The molecule has 0 N–H and O–H groups in total. The van der Waals surface area contributed by atoms with E-state index >= 15 is 0 Å². The predicted octanol–water partition coefficient (Wildman–Crippen LogP) is 2.92. The molecule has 13 heavy (non-hydrogen) atoms. The van der Waals surface area contributed by atoms with Crippen LogP contribution in [-0.4, -0.2) is 13.1 Å². The smallest absolute Gasteiger partial charge is 0.0366 e. The highest BCUT2D eigenvalue weighted by molar-refractivity contribution is 5.47. The Labute approximate surface area is 80.4 Å². The molecule has 1 heterocycles. The topological polar surface area (TPSA) is 3.24 Å². The van der Waals surface area contributed by atoms with E-state index in [0.717, 1.165) is 0 Å². The van der Waals surface area contributed by atoms with Gasteiger partial charge in [-0.3, -0.25) is 0 Å². The molecule has 0 amide bonds. The number of benzene rings is 1. The molecule has 0 saturated carbocycles. The molecule has 0 aromatic heterocycles. The first-order chi connectivity index (χ1) is 6.17. The zero-order valence-corrected chi connectivity index (χ0v) is 8.46. The van der Waals surface area contributed by atoms with E-state index in [-0.39, 0.29) is 0 Å². The molecular weight excluding hydrogens is 158 g/mol. The summed E-state index contributed by atoms with van der Waals surface area (Å²) in [6.45, 7) is 7.08. The minimum Gasteiger partial charge on any atom is -0.371 e. The molecule has 0 radical (unpaired) electrons. The van der Waals surface area contributed by atoms with Gasteiger partial charge in [0.25, 0.3) is 0 Å². The SMILES string of the molecule is CC1(C)CCN(c2ccccc2)C1. The summed E-state index contributed by atoms with van der Waals surface area (Å²) in [6, 6.07) is 10.7. The lowest BCUT2D eigenvalue weighted by atomic mass is 9.93. The maximum atomic E-state index is 2.47. The summed E-state index contributed by atoms with van der Waals surface area (Å²) in [5, 5.41) is 0. The van der Waals surface area contributed by atoms with Crippen molar-refractivity contribution in [3.63, 3.8) is 0 Å². The minimum atomic E-state index is 0.496. The Bertz CT molecular complexity index is 276. The van der Waals surface area contributed by atoms with Crippen LogP contribution in [0.5, 0.6) is 0 Å². The molecule has 0 unspecified atom stereocenters. The summed E-state index contributed by atoms with van der Waals surface area (Å²) in [5.74, 6) is 0. The van der Waals surface area contributed by atoms with Crippen LogP contribution in [0, 0.1) is 5.41 Å². The third-order valence-corrected chi connectivity index (χ3v) is 2.80. The van der Waals surface area contributed by atoms with E-state index in [0.29, 0.717) is 5.41 Å². The molecule has 1 heteroatoms. The quantitative estimate of drug-likeness (QED) is 0.634. The minimum absolute atomic E-state index is 0.496. The first kappa shape index (κ1) is 8.61. The third kappa shape index (κ3) is 1.85. The van der Waals surface area contributed by atoms with Gasteiger partial charge in [0.15, 0.2) is 0 Å². The Kier molecular flexibility index (Phi) is 2.03. The molecule has 1 saturated heterocycles. The van der Waals surface area contributed by atoms with Gasteiger partial charge in [-0.15, -0.1) is 0 Å². The van der Waals surface area contributed by atoms with Crippen LogP contribution in [-0.2, 0) is 0 Å². The van der Waals surface area contributed by atoms with Gasteiger partial charge in [0.05, 0.1) is 0 Å². The molecule has 0 aliphatic carbocycles. The van der Waals surface area contributed by atoms with E-state index in [9.17, 15) is 0 Å². The molecule has 1 aromatic carbocycles. The predicted molar refractivity (Wildman–Crippen MR) is 57.1 cm³/mol. The van der Waals surface area contributed by atoms with E-state index in [1.807, 2.05) is 0 Å². The molecule has 1 aliphatic rings. The average Bonchev–Trinajstić information content (AvgIpc) is 2.48. The van der Waals surface area contributed by atoms with Gasteiger partial charge < -0.3 is 4.90 Å². The fourth-order valence-corrected chi connectivity index (χ4v) is 1.97.